The highest BCUT2D eigenvalue weighted by molar-refractivity contribution is 5.26. The van der Waals surface area contributed by atoms with Crippen molar-refractivity contribution in [1.82, 2.24) is 0 Å². The van der Waals surface area contributed by atoms with Crippen molar-refractivity contribution >= 4 is 0 Å². The van der Waals surface area contributed by atoms with Gasteiger partial charge >= 0.3 is 0 Å². The van der Waals surface area contributed by atoms with E-state index in [1.165, 1.54) is 0 Å². The summed E-state index contributed by atoms with van der Waals surface area (Å²) in [5, 5.41) is 0. The van der Waals surface area contributed by atoms with Crippen LogP contribution in [0.3, 0.4) is 0 Å². The van der Waals surface area contributed by atoms with Gasteiger partial charge in [0.1, 0.15) is 5.60 Å². The van der Waals surface area contributed by atoms with Crippen LogP contribution >= 0.6 is 0 Å². The van der Waals surface area contributed by atoms with Gasteiger partial charge in [0.25, 0.3) is 0 Å². The lowest BCUT2D eigenvalue weighted by atomic mass is 9.80. The molecule has 70 valence electrons. The summed E-state index contributed by atoms with van der Waals surface area (Å²) in [5.74, 6) is 0. The minimum Gasteiger partial charge on any atom is -0.226 e. The molecule has 1 heterocycles. The van der Waals surface area contributed by atoms with Crippen molar-refractivity contribution in [3.05, 3.63) is 35.9 Å². The Morgan fingerprint density at radius 2 is 1.54 bits per heavy atom. The van der Waals surface area contributed by atoms with Crippen molar-refractivity contribution in [3.63, 3.8) is 0 Å². The fourth-order valence-corrected chi connectivity index (χ4v) is 1.49. The summed E-state index contributed by atoms with van der Waals surface area (Å²) in [6, 6.07) is 10.1. The summed E-state index contributed by atoms with van der Waals surface area (Å²) < 4.78 is 0. The van der Waals surface area contributed by atoms with Crippen LogP contribution in [0.1, 0.15) is 26.3 Å². The van der Waals surface area contributed by atoms with E-state index in [4.69, 9.17) is 9.78 Å². The van der Waals surface area contributed by atoms with E-state index >= 15 is 0 Å². The molecule has 1 atom stereocenters. The Hall–Kier alpha value is -0.860. The molecule has 0 spiro atoms. The van der Waals surface area contributed by atoms with Crippen molar-refractivity contribution in [2.24, 2.45) is 0 Å². The van der Waals surface area contributed by atoms with E-state index in [0.29, 0.717) is 0 Å². The SMILES string of the molecule is CC1(C)OOC1(C)c1ccccc1. The predicted molar refractivity (Wildman–Crippen MR) is 50.0 cm³/mol. The van der Waals surface area contributed by atoms with Gasteiger partial charge in [0.2, 0.25) is 0 Å². The summed E-state index contributed by atoms with van der Waals surface area (Å²) in [4.78, 5) is 10.3. The number of hydrogen-bond donors (Lipinski definition) is 0. The Bertz CT molecular complexity index is 305. The smallest absolute Gasteiger partial charge is 0.157 e. The van der Waals surface area contributed by atoms with E-state index in [0.717, 1.165) is 5.56 Å². The molecule has 1 unspecified atom stereocenters. The highest BCUT2D eigenvalue weighted by Crippen LogP contribution is 2.47. The maximum Gasteiger partial charge on any atom is 0.157 e. The number of rotatable bonds is 1. The second kappa shape index (κ2) is 2.56. The maximum atomic E-state index is 5.22. The van der Waals surface area contributed by atoms with E-state index in [9.17, 15) is 0 Å². The van der Waals surface area contributed by atoms with Gasteiger partial charge in [-0.3, -0.25) is 0 Å². The van der Waals surface area contributed by atoms with E-state index in [1.54, 1.807) is 0 Å². The molecule has 0 N–H and O–H groups in total. The van der Waals surface area contributed by atoms with Gasteiger partial charge in [-0.15, -0.1) is 0 Å². The quantitative estimate of drug-likeness (QED) is 0.615. The molecule has 1 saturated heterocycles. The van der Waals surface area contributed by atoms with Crippen molar-refractivity contribution in [2.75, 3.05) is 0 Å². The molecule has 1 aliphatic rings. The summed E-state index contributed by atoms with van der Waals surface area (Å²) in [6.07, 6.45) is 0. The van der Waals surface area contributed by atoms with Gasteiger partial charge in [-0.1, -0.05) is 30.3 Å². The second-order valence-corrected chi connectivity index (χ2v) is 4.08. The first-order chi connectivity index (χ1) is 6.06. The molecular formula is C11H14O2. The zero-order valence-corrected chi connectivity index (χ0v) is 8.20. The monoisotopic (exact) mass is 178 g/mol. The molecule has 2 heteroatoms. The van der Waals surface area contributed by atoms with E-state index in [-0.39, 0.29) is 11.2 Å². The van der Waals surface area contributed by atoms with Gasteiger partial charge in [-0.2, -0.15) is 0 Å². The summed E-state index contributed by atoms with van der Waals surface area (Å²) >= 11 is 0. The van der Waals surface area contributed by atoms with Crippen LogP contribution in [-0.4, -0.2) is 5.60 Å². The lowest BCUT2D eigenvalue weighted by Crippen LogP contribution is -2.59. The van der Waals surface area contributed by atoms with Crippen LogP contribution in [0.25, 0.3) is 0 Å². The maximum absolute atomic E-state index is 5.22. The van der Waals surface area contributed by atoms with Gasteiger partial charge < -0.3 is 0 Å². The fraction of sp³-hybridized carbons (Fsp3) is 0.455. The lowest BCUT2D eigenvalue weighted by molar-refractivity contribution is -0.548. The van der Waals surface area contributed by atoms with Crippen LogP contribution in [0.5, 0.6) is 0 Å². The largest absolute Gasteiger partial charge is 0.226 e. The molecule has 1 aromatic rings. The standard InChI is InChI=1S/C11H14O2/c1-10(2)11(3,13-12-10)9-7-5-4-6-8-9/h4-8H,1-3H3. The minimum atomic E-state index is -0.311. The molecule has 2 nitrogen and oxygen atoms in total. The molecule has 0 aromatic heterocycles. The molecule has 0 aliphatic carbocycles. The predicted octanol–water partition coefficient (Wildman–Crippen LogP) is 2.64. The van der Waals surface area contributed by atoms with Gasteiger partial charge in [0, 0.05) is 0 Å². The van der Waals surface area contributed by atoms with Crippen molar-refractivity contribution in [3.8, 4) is 0 Å². The van der Waals surface area contributed by atoms with Crippen LogP contribution in [0.15, 0.2) is 30.3 Å². The normalized spacial score (nSPS) is 31.0. The third-order valence-electron chi connectivity index (χ3n) is 2.89. The Labute approximate surface area is 78.4 Å². The zero-order valence-electron chi connectivity index (χ0n) is 8.20. The third kappa shape index (κ3) is 1.10. The van der Waals surface area contributed by atoms with Gasteiger partial charge in [-0.05, 0) is 26.3 Å². The van der Waals surface area contributed by atoms with Crippen LogP contribution in [0.4, 0.5) is 0 Å². The van der Waals surface area contributed by atoms with Crippen LogP contribution in [0, 0.1) is 0 Å². The van der Waals surface area contributed by atoms with Crippen molar-refractivity contribution in [2.45, 2.75) is 32.0 Å². The summed E-state index contributed by atoms with van der Waals surface area (Å²) in [5.41, 5.74) is 0.606. The third-order valence-corrected chi connectivity index (χ3v) is 2.89. The van der Waals surface area contributed by atoms with Crippen LogP contribution < -0.4 is 0 Å². The Morgan fingerprint density at radius 3 is 1.92 bits per heavy atom. The lowest BCUT2D eigenvalue weighted by Gasteiger charge is -2.51. The Balaban J connectivity index is 2.37. The minimum absolute atomic E-state index is 0.242. The van der Waals surface area contributed by atoms with Gasteiger partial charge in [0.05, 0.1) is 0 Å². The molecule has 0 saturated carbocycles. The molecule has 2 rings (SSSR count). The van der Waals surface area contributed by atoms with Crippen LogP contribution in [-0.2, 0) is 15.4 Å². The number of hydrogen-bond acceptors (Lipinski definition) is 2. The van der Waals surface area contributed by atoms with Crippen molar-refractivity contribution < 1.29 is 9.78 Å². The highest BCUT2D eigenvalue weighted by Gasteiger charge is 2.55. The zero-order chi connectivity index (χ0) is 9.53. The second-order valence-electron chi connectivity index (χ2n) is 4.08. The molecule has 1 aliphatic heterocycles. The molecular weight excluding hydrogens is 164 g/mol. The van der Waals surface area contributed by atoms with Crippen LogP contribution in [0.2, 0.25) is 0 Å². The van der Waals surface area contributed by atoms with Gasteiger partial charge in [-0.25, -0.2) is 9.78 Å². The topological polar surface area (TPSA) is 18.5 Å². The Morgan fingerprint density at radius 1 is 0.923 bits per heavy atom. The molecule has 0 amide bonds. The summed E-state index contributed by atoms with van der Waals surface area (Å²) in [7, 11) is 0. The van der Waals surface area contributed by atoms with E-state index in [1.807, 2.05) is 39.0 Å². The molecule has 1 fully saturated rings. The molecule has 0 bridgehead atoms. The molecule has 13 heavy (non-hydrogen) atoms. The average Bonchev–Trinajstić information content (AvgIpc) is 2.16. The van der Waals surface area contributed by atoms with Crippen molar-refractivity contribution in [1.29, 1.82) is 0 Å². The average molecular weight is 178 g/mol. The molecule has 0 radical (unpaired) electrons. The molecule has 1 aromatic carbocycles. The highest BCUT2D eigenvalue weighted by atomic mass is 17.3. The van der Waals surface area contributed by atoms with E-state index < -0.39 is 0 Å². The number of benzene rings is 1. The van der Waals surface area contributed by atoms with E-state index in [2.05, 4.69) is 12.1 Å². The summed E-state index contributed by atoms with van der Waals surface area (Å²) in [6.45, 7) is 6.11. The first-order valence-corrected chi connectivity index (χ1v) is 4.49. The first kappa shape index (κ1) is 8.73. The first-order valence-electron chi connectivity index (χ1n) is 4.49. The van der Waals surface area contributed by atoms with Gasteiger partial charge in [0.15, 0.2) is 5.60 Å². The fourth-order valence-electron chi connectivity index (χ4n) is 1.49. The Kier molecular flexibility index (Phi) is 1.72.